The molecule has 2 amide bonds. The Balaban J connectivity index is 1.60. The van der Waals surface area contributed by atoms with E-state index in [4.69, 9.17) is 9.47 Å². The van der Waals surface area contributed by atoms with Gasteiger partial charge in [0, 0.05) is 25.1 Å². The molecule has 0 aliphatic carbocycles. The average Bonchev–Trinajstić information content (AvgIpc) is 2.86. The largest absolute Gasteiger partial charge is 0.493 e. The second-order valence-corrected chi connectivity index (χ2v) is 6.38. The number of amides is 2. The summed E-state index contributed by atoms with van der Waals surface area (Å²) in [6, 6.07) is 7.45. The minimum absolute atomic E-state index is 0.0199. The molecule has 7 heteroatoms. The normalized spacial score (nSPS) is 12.9. The van der Waals surface area contributed by atoms with Crippen molar-refractivity contribution >= 4 is 17.9 Å². The molecule has 0 unspecified atom stereocenters. The van der Waals surface area contributed by atoms with Crippen LogP contribution in [0.25, 0.3) is 6.08 Å². The van der Waals surface area contributed by atoms with Crippen LogP contribution < -0.4 is 14.8 Å². The molecule has 28 heavy (non-hydrogen) atoms. The van der Waals surface area contributed by atoms with Crippen molar-refractivity contribution in [3.63, 3.8) is 0 Å². The molecule has 7 nitrogen and oxygen atoms in total. The molecular weight excluding hydrogens is 358 g/mol. The van der Waals surface area contributed by atoms with Crippen LogP contribution in [0.1, 0.15) is 16.7 Å². The predicted molar refractivity (Wildman–Crippen MR) is 105 cm³/mol. The lowest BCUT2D eigenvalue weighted by atomic mass is 10.0. The Kier molecular flexibility index (Phi) is 6.26. The number of carbonyl (C=O) groups excluding carboxylic acids is 2. The number of pyridine rings is 1. The van der Waals surface area contributed by atoms with Crippen LogP contribution in [0.3, 0.4) is 0 Å². The Labute approximate surface area is 164 Å². The van der Waals surface area contributed by atoms with Crippen LogP contribution in [0.15, 0.2) is 42.9 Å². The summed E-state index contributed by atoms with van der Waals surface area (Å²) < 4.78 is 10.6. The lowest BCUT2D eigenvalue weighted by molar-refractivity contribution is -0.132. The Morgan fingerprint density at radius 3 is 2.61 bits per heavy atom. The molecular formula is C21H23N3O4. The lowest BCUT2D eigenvalue weighted by Crippen LogP contribution is -2.38. The number of rotatable bonds is 7. The topological polar surface area (TPSA) is 80.8 Å². The third kappa shape index (κ3) is 4.68. The minimum atomic E-state index is -0.201. The molecule has 0 atom stereocenters. The molecule has 146 valence electrons. The molecule has 3 rings (SSSR count). The highest BCUT2D eigenvalue weighted by molar-refractivity contribution is 5.89. The van der Waals surface area contributed by atoms with Gasteiger partial charge in [-0.3, -0.25) is 14.6 Å². The Morgan fingerprint density at radius 2 is 1.89 bits per heavy atom. The lowest BCUT2D eigenvalue weighted by Gasteiger charge is -2.17. The summed E-state index contributed by atoms with van der Waals surface area (Å²) in [5.74, 6) is 0.824. The number of ether oxygens (including phenoxy) is 2. The van der Waals surface area contributed by atoms with E-state index in [9.17, 15) is 9.59 Å². The van der Waals surface area contributed by atoms with Crippen LogP contribution in [0, 0.1) is 0 Å². The summed E-state index contributed by atoms with van der Waals surface area (Å²) >= 11 is 0. The fourth-order valence-electron chi connectivity index (χ4n) is 3.01. The van der Waals surface area contributed by atoms with Gasteiger partial charge in [-0.1, -0.05) is 0 Å². The zero-order valence-corrected chi connectivity index (χ0v) is 16.0. The fraction of sp³-hybridized carbons (Fsp3) is 0.286. The number of nitrogens with zero attached hydrogens (tertiary/aromatic N) is 2. The summed E-state index contributed by atoms with van der Waals surface area (Å²) in [4.78, 5) is 30.2. The van der Waals surface area contributed by atoms with E-state index < -0.39 is 0 Å². The van der Waals surface area contributed by atoms with Gasteiger partial charge in [-0.25, -0.2) is 0 Å². The molecule has 2 aromatic rings. The van der Waals surface area contributed by atoms with E-state index in [1.165, 1.54) is 4.90 Å². The van der Waals surface area contributed by atoms with E-state index in [1.807, 2.05) is 24.3 Å². The predicted octanol–water partition coefficient (Wildman–Crippen LogP) is 1.81. The maximum Gasteiger partial charge on any atom is 0.240 e. The summed E-state index contributed by atoms with van der Waals surface area (Å²) in [5.41, 5.74) is 2.80. The minimum Gasteiger partial charge on any atom is -0.493 e. The van der Waals surface area contributed by atoms with Gasteiger partial charge in [0.2, 0.25) is 11.8 Å². The summed E-state index contributed by atoms with van der Waals surface area (Å²) in [6.07, 6.45) is 7.80. The van der Waals surface area contributed by atoms with Crippen molar-refractivity contribution < 1.29 is 19.1 Å². The van der Waals surface area contributed by atoms with Gasteiger partial charge in [0.05, 0.1) is 20.6 Å². The molecule has 1 N–H and O–H groups in total. The zero-order valence-electron chi connectivity index (χ0n) is 16.0. The van der Waals surface area contributed by atoms with Crippen LogP contribution in [0.2, 0.25) is 0 Å². The van der Waals surface area contributed by atoms with Crippen molar-refractivity contribution in [2.24, 2.45) is 0 Å². The Hall–Kier alpha value is -3.35. The van der Waals surface area contributed by atoms with E-state index in [0.717, 1.165) is 16.7 Å². The second-order valence-electron chi connectivity index (χ2n) is 6.38. The molecule has 1 aromatic carbocycles. The zero-order chi connectivity index (χ0) is 19.9. The first-order valence-corrected chi connectivity index (χ1v) is 8.99. The SMILES string of the molecule is COc1cc2c(cc1OC)CC(=O)N(CC(=O)NCCc1ccncc1)C=C2. The number of methoxy groups -OCH3 is 2. The molecule has 0 radical (unpaired) electrons. The van der Waals surface area contributed by atoms with E-state index in [-0.39, 0.29) is 24.8 Å². The van der Waals surface area contributed by atoms with E-state index in [2.05, 4.69) is 10.3 Å². The third-order valence-corrected chi connectivity index (χ3v) is 4.54. The smallest absolute Gasteiger partial charge is 0.240 e. The number of aromatic nitrogens is 1. The first kappa shape index (κ1) is 19.4. The van der Waals surface area contributed by atoms with Crippen LogP contribution in [0.4, 0.5) is 0 Å². The highest BCUT2D eigenvalue weighted by Gasteiger charge is 2.21. The van der Waals surface area contributed by atoms with Crippen LogP contribution in [-0.2, 0) is 22.4 Å². The highest BCUT2D eigenvalue weighted by Crippen LogP contribution is 2.32. The van der Waals surface area contributed by atoms with Gasteiger partial charge in [-0.05, 0) is 53.5 Å². The molecule has 0 fully saturated rings. The number of fused-ring (bicyclic) bond motifs is 1. The van der Waals surface area contributed by atoms with Crippen molar-refractivity contribution in [3.8, 4) is 11.5 Å². The molecule has 2 heterocycles. The average molecular weight is 381 g/mol. The summed E-state index contributed by atoms with van der Waals surface area (Å²) in [6.45, 7) is 0.483. The molecule has 0 bridgehead atoms. The fourth-order valence-corrected chi connectivity index (χ4v) is 3.01. The quantitative estimate of drug-likeness (QED) is 0.791. The third-order valence-electron chi connectivity index (χ3n) is 4.54. The monoisotopic (exact) mass is 381 g/mol. The van der Waals surface area contributed by atoms with Crippen molar-refractivity contribution in [2.45, 2.75) is 12.8 Å². The van der Waals surface area contributed by atoms with Crippen molar-refractivity contribution in [1.29, 1.82) is 0 Å². The van der Waals surface area contributed by atoms with Crippen molar-refractivity contribution in [3.05, 3.63) is 59.5 Å². The van der Waals surface area contributed by atoms with Gasteiger partial charge in [0.25, 0.3) is 0 Å². The van der Waals surface area contributed by atoms with Gasteiger partial charge in [0.1, 0.15) is 6.54 Å². The molecule has 1 aromatic heterocycles. The molecule has 1 aliphatic heterocycles. The van der Waals surface area contributed by atoms with Gasteiger partial charge in [-0.15, -0.1) is 0 Å². The van der Waals surface area contributed by atoms with E-state index in [1.54, 1.807) is 38.9 Å². The Bertz CT molecular complexity index is 881. The van der Waals surface area contributed by atoms with Gasteiger partial charge >= 0.3 is 0 Å². The number of carbonyl (C=O) groups is 2. The number of benzene rings is 1. The maximum atomic E-state index is 12.6. The molecule has 0 spiro atoms. The van der Waals surface area contributed by atoms with Crippen LogP contribution >= 0.6 is 0 Å². The number of nitrogens with one attached hydrogen (secondary N) is 1. The standard InChI is InChI=1S/C21H23N3O4/c1-27-18-11-16-6-10-24(21(26)13-17(16)12-19(18)28-2)14-20(25)23-9-5-15-3-7-22-8-4-15/h3-4,6-8,10-12H,5,9,13-14H2,1-2H3,(H,23,25). The molecule has 1 aliphatic rings. The first-order valence-electron chi connectivity index (χ1n) is 8.99. The van der Waals surface area contributed by atoms with E-state index >= 15 is 0 Å². The van der Waals surface area contributed by atoms with Gasteiger partial charge < -0.3 is 19.7 Å². The number of hydrogen-bond acceptors (Lipinski definition) is 5. The van der Waals surface area contributed by atoms with Gasteiger partial charge in [0.15, 0.2) is 11.5 Å². The maximum absolute atomic E-state index is 12.6. The second kappa shape index (κ2) is 9.03. The Morgan fingerprint density at radius 1 is 1.18 bits per heavy atom. The number of hydrogen-bond donors (Lipinski definition) is 1. The van der Waals surface area contributed by atoms with Crippen LogP contribution in [-0.4, -0.2) is 49.0 Å². The van der Waals surface area contributed by atoms with Gasteiger partial charge in [-0.2, -0.15) is 0 Å². The first-order chi connectivity index (χ1) is 13.6. The highest BCUT2D eigenvalue weighted by atomic mass is 16.5. The van der Waals surface area contributed by atoms with Crippen LogP contribution in [0.5, 0.6) is 11.5 Å². The molecule has 0 saturated heterocycles. The van der Waals surface area contributed by atoms with E-state index in [0.29, 0.717) is 24.5 Å². The molecule has 0 saturated carbocycles. The van der Waals surface area contributed by atoms with Crippen molar-refractivity contribution in [1.82, 2.24) is 15.2 Å². The van der Waals surface area contributed by atoms with Crippen molar-refractivity contribution in [2.75, 3.05) is 27.3 Å². The summed E-state index contributed by atoms with van der Waals surface area (Å²) in [7, 11) is 3.12. The summed E-state index contributed by atoms with van der Waals surface area (Å²) in [5, 5.41) is 2.85.